The highest BCUT2D eigenvalue weighted by atomic mass is 35.5. The van der Waals surface area contributed by atoms with Crippen molar-refractivity contribution in [1.29, 1.82) is 0 Å². The van der Waals surface area contributed by atoms with Gasteiger partial charge in [-0.05, 0) is 18.2 Å². The number of anilines is 1. The monoisotopic (exact) mass is 270 g/mol. The summed E-state index contributed by atoms with van der Waals surface area (Å²) in [6, 6.07) is 4.93. The van der Waals surface area contributed by atoms with Crippen molar-refractivity contribution in [2.45, 2.75) is 10.6 Å². The lowest BCUT2D eigenvalue weighted by Gasteiger charge is -2.04. The summed E-state index contributed by atoms with van der Waals surface area (Å²) in [4.78, 5) is 0.525. The van der Waals surface area contributed by atoms with Crippen molar-refractivity contribution in [2.75, 3.05) is 5.73 Å². The van der Waals surface area contributed by atoms with Gasteiger partial charge in [-0.3, -0.25) is 8.89 Å². The van der Waals surface area contributed by atoms with E-state index in [0.29, 0.717) is 21.3 Å². The third kappa shape index (κ3) is 2.83. The van der Waals surface area contributed by atoms with Crippen molar-refractivity contribution in [3.63, 3.8) is 0 Å². The fourth-order valence-corrected chi connectivity index (χ4v) is 2.85. The molecular weight excluding hydrogens is 260 g/mol. The molecule has 0 aliphatic carbocycles. The molecule has 5 nitrogen and oxygen atoms in total. The van der Waals surface area contributed by atoms with Gasteiger partial charge >= 0.3 is 0 Å². The lowest BCUT2D eigenvalue weighted by molar-refractivity contribution is 0.682. The molecule has 0 radical (unpaired) electrons. The molecule has 7 heteroatoms. The number of aromatic nitrogens is 3. The van der Waals surface area contributed by atoms with Crippen LogP contribution in [0.5, 0.6) is 0 Å². The van der Waals surface area contributed by atoms with Gasteiger partial charge in [-0.2, -0.15) is 0 Å². The highest BCUT2D eigenvalue weighted by molar-refractivity contribution is 7.84. The third-order valence-electron chi connectivity index (χ3n) is 2.13. The van der Waals surface area contributed by atoms with Crippen LogP contribution in [-0.2, 0) is 23.6 Å². The maximum absolute atomic E-state index is 12.1. The number of nitrogen functional groups attached to an aromatic ring is 1. The van der Waals surface area contributed by atoms with Crippen LogP contribution in [0.25, 0.3) is 0 Å². The summed E-state index contributed by atoms with van der Waals surface area (Å²) in [5, 5.41) is 8.10. The Morgan fingerprint density at radius 2 is 2.29 bits per heavy atom. The zero-order valence-corrected chi connectivity index (χ0v) is 10.7. The highest BCUT2D eigenvalue weighted by Crippen LogP contribution is 2.23. The van der Waals surface area contributed by atoms with Crippen molar-refractivity contribution in [2.24, 2.45) is 7.05 Å². The molecule has 17 heavy (non-hydrogen) atoms. The molecule has 1 atom stereocenters. The zero-order chi connectivity index (χ0) is 12.4. The first-order valence-electron chi connectivity index (χ1n) is 4.85. The van der Waals surface area contributed by atoms with Crippen LogP contribution in [0.15, 0.2) is 29.3 Å². The molecule has 0 saturated carbocycles. The van der Waals surface area contributed by atoms with Crippen molar-refractivity contribution in [3.05, 3.63) is 35.1 Å². The summed E-state index contributed by atoms with van der Waals surface area (Å²) in [6.07, 6.45) is 1.72. The first kappa shape index (κ1) is 12.1. The number of nitrogens with zero attached hydrogens (tertiary/aromatic N) is 3. The smallest absolute Gasteiger partial charge is 0.0955 e. The number of nitrogens with two attached hydrogens (primary N) is 1. The molecule has 1 aromatic carbocycles. The molecule has 0 aliphatic rings. The molecule has 0 spiro atoms. The number of aryl methyl sites for hydroxylation is 1. The van der Waals surface area contributed by atoms with Gasteiger partial charge in [-0.1, -0.05) is 16.8 Å². The minimum atomic E-state index is -1.27. The zero-order valence-electron chi connectivity index (χ0n) is 9.13. The summed E-state index contributed by atoms with van der Waals surface area (Å²) >= 11 is 5.97. The average molecular weight is 271 g/mol. The molecule has 0 saturated heterocycles. The van der Waals surface area contributed by atoms with Gasteiger partial charge in [0.15, 0.2) is 0 Å². The van der Waals surface area contributed by atoms with Gasteiger partial charge in [0.1, 0.15) is 0 Å². The largest absolute Gasteiger partial charge is 0.399 e. The standard InChI is InChI=1S/C10H11ClN4OS/c1-15-5-8(13-14-15)6-17(16)10-4-7(12)2-3-9(10)11/h2-5H,6,12H2,1H3. The van der Waals surface area contributed by atoms with E-state index in [1.807, 2.05) is 0 Å². The van der Waals surface area contributed by atoms with Crippen molar-refractivity contribution in [1.82, 2.24) is 15.0 Å². The van der Waals surface area contributed by atoms with E-state index < -0.39 is 10.8 Å². The lowest BCUT2D eigenvalue weighted by Crippen LogP contribution is -1.99. The second kappa shape index (κ2) is 4.85. The number of hydrogen-bond donors (Lipinski definition) is 1. The quantitative estimate of drug-likeness (QED) is 0.855. The van der Waals surface area contributed by atoms with E-state index in [-0.39, 0.29) is 5.75 Å². The summed E-state index contributed by atoms with van der Waals surface area (Å²) in [5.74, 6) is 0.275. The van der Waals surface area contributed by atoms with Crippen LogP contribution in [0.4, 0.5) is 5.69 Å². The number of hydrogen-bond acceptors (Lipinski definition) is 4. The van der Waals surface area contributed by atoms with E-state index in [2.05, 4.69) is 10.3 Å². The molecule has 2 aromatic rings. The molecule has 1 heterocycles. The lowest BCUT2D eigenvalue weighted by atomic mass is 10.3. The van der Waals surface area contributed by atoms with Crippen LogP contribution in [0, 0.1) is 0 Å². The van der Waals surface area contributed by atoms with Crippen LogP contribution in [-0.4, -0.2) is 19.2 Å². The Morgan fingerprint density at radius 3 is 2.94 bits per heavy atom. The van der Waals surface area contributed by atoms with Crippen LogP contribution in [0.3, 0.4) is 0 Å². The van der Waals surface area contributed by atoms with Gasteiger partial charge in [0.25, 0.3) is 0 Å². The van der Waals surface area contributed by atoms with Gasteiger partial charge in [0.05, 0.1) is 32.2 Å². The number of benzene rings is 1. The fraction of sp³-hybridized carbons (Fsp3) is 0.200. The van der Waals surface area contributed by atoms with Crippen LogP contribution >= 0.6 is 11.6 Å². The Morgan fingerprint density at radius 1 is 1.53 bits per heavy atom. The van der Waals surface area contributed by atoms with E-state index in [1.54, 1.807) is 36.1 Å². The Hall–Kier alpha value is -1.40. The summed E-state index contributed by atoms with van der Waals surface area (Å²) < 4.78 is 13.7. The SMILES string of the molecule is Cn1cc(CS(=O)c2cc(N)ccc2Cl)nn1. The predicted octanol–water partition coefficient (Wildman–Crippen LogP) is 1.36. The van der Waals surface area contributed by atoms with E-state index in [1.165, 1.54) is 0 Å². The molecule has 0 bridgehead atoms. The van der Waals surface area contributed by atoms with Crippen LogP contribution in [0.1, 0.15) is 5.69 Å². The van der Waals surface area contributed by atoms with Crippen LogP contribution in [0.2, 0.25) is 5.02 Å². The average Bonchev–Trinajstić information content (AvgIpc) is 2.67. The van der Waals surface area contributed by atoms with E-state index >= 15 is 0 Å². The Balaban J connectivity index is 2.22. The molecule has 0 aliphatic heterocycles. The fourth-order valence-electron chi connectivity index (χ4n) is 1.37. The number of halogens is 1. The van der Waals surface area contributed by atoms with Gasteiger partial charge in [-0.15, -0.1) is 5.10 Å². The molecule has 2 N–H and O–H groups in total. The maximum atomic E-state index is 12.1. The minimum Gasteiger partial charge on any atom is -0.399 e. The van der Waals surface area contributed by atoms with Gasteiger partial charge < -0.3 is 5.73 Å². The first-order chi connectivity index (χ1) is 8.06. The molecule has 2 rings (SSSR count). The van der Waals surface area contributed by atoms with Gasteiger partial charge in [0, 0.05) is 18.9 Å². The Bertz CT molecular complexity index is 569. The molecule has 1 aromatic heterocycles. The Labute approximate surface area is 106 Å². The minimum absolute atomic E-state index is 0.275. The molecular formula is C10H11ClN4OS. The molecule has 0 fully saturated rings. The summed E-state index contributed by atoms with van der Waals surface area (Å²) in [5.41, 5.74) is 6.83. The molecule has 1 unspecified atom stereocenters. The predicted molar refractivity (Wildman–Crippen MR) is 67.0 cm³/mol. The van der Waals surface area contributed by atoms with E-state index in [4.69, 9.17) is 17.3 Å². The van der Waals surface area contributed by atoms with Crippen LogP contribution < -0.4 is 5.73 Å². The molecule has 90 valence electrons. The topological polar surface area (TPSA) is 73.8 Å². The first-order valence-corrected chi connectivity index (χ1v) is 6.54. The van der Waals surface area contributed by atoms with E-state index in [0.717, 1.165) is 0 Å². The van der Waals surface area contributed by atoms with Crippen molar-refractivity contribution < 1.29 is 4.21 Å². The molecule has 0 amide bonds. The highest BCUT2D eigenvalue weighted by Gasteiger charge is 2.11. The van der Waals surface area contributed by atoms with Crippen molar-refractivity contribution in [3.8, 4) is 0 Å². The van der Waals surface area contributed by atoms with Gasteiger partial charge in [0.2, 0.25) is 0 Å². The number of rotatable bonds is 3. The van der Waals surface area contributed by atoms with E-state index in [9.17, 15) is 4.21 Å². The summed E-state index contributed by atoms with van der Waals surface area (Å²) in [6.45, 7) is 0. The second-order valence-electron chi connectivity index (χ2n) is 3.56. The third-order valence-corrected chi connectivity index (χ3v) is 3.96. The summed E-state index contributed by atoms with van der Waals surface area (Å²) in [7, 11) is 0.486. The van der Waals surface area contributed by atoms with Crippen molar-refractivity contribution >= 4 is 28.1 Å². The second-order valence-corrected chi connectivity index (χ2v) is 5.39. The van der Waals surface area contributed by atoms with Gasteiger partial charge in [-0.25, -0.2) is 0 Å². The maximum Gasteiger partial charge on any atom is 0.0955 e. The Kier molecular flexibility index (Phi) is 3.44. The normalized spacial score (nSPS) is 12.6.